The van der Waals surface area contributed by atoms with Crippen molar-refractivity contribution in [3.05, 3.63) is 59.7 Å². The molecular formula is C19H21F3N2O4S. The fourth-order valence-corrected chi connectivity index (χ4v) is 3.88. The first kappa shape index (κ1) is 21.6. The Morgan fingerprint density at radius 1 is 0.966 bits per heavy atom. The van der Waals surface area contributed by atoms with Crippen LogP contribution in [0.2, 0.25) is 0 Å². The van der Waals surface area contributed by atoms with Crippen LogP contribution in [0.5, 0.6) is 5.75 Å². The molecular weight excluding hydrogens is 409 g/mol. The Kier molecular flexibility index (Phi) is 6.78. The number of rotatable bonds is 7. The monoisotopic (exact) mass is 430 g/mol. The van der Waals surface area contributed by atoms with Crippen LogP contribution in [-0.2, 0) is 27.8 Å². The second-order valence-electron chi connectivity index (χ2n) is 6.55. The molecule has 158 valence electrons. The smallest absolute Gasteiger partial charge is 0.406 e. The summed E-state index contributed by atoms with van der Waals surface area (Å²) in [6.45, 7) is 4.09. The molecule has 0 bridgehead atoms. The fraction of sp³-hybridized carbons (Fsp3) is 0.368. The summed E-state index contributed by atoms with van der Waals surface area (Å²) < 4.78 is 72.7. The highest BCUT2D eigenvalue weighted by atomic mass is 32.2. The molecule has 1 heterocycles. The van der Waals surface area contributed by atoms with Crippen molar-refractivity contribution in [2.24, 2.45) is 0 Å². The fourth-order valence-electron chi connectivity index (χ4n) is 2.86. The molecule has 2 aromatic carbocycles. The molecule has 3 rings (SSSR count). The second-order valence-corrected chi connectivity index (χ2v) is 8.32. The third-order valence-electron chi connectivity index (χ3n) is 4.37. The molecule has 0 saturated carbocycles. The van der Waals surface area contributed by atoms with Crippen LogP contribution in [0.1, 0.15) is 11.1 Å². The lowest BCUT2D eigenvalue weighted by atomic mass is 10.1. The zero-order valence-corrected chi connectivity index (χ0v) is 16.3. The zero-order valence-electron chi connectivity index (χ0n) is 15.5. The Morgan fingerprint density at radius 2 is 1.55 bits per heavy atom. The highest BCUT2D eigenvalue weighted by Gasteiger charge is 2.31. The molecule has 2 aromatic rings. The molecule has 6 nitrogen and oxygen atoms in total. The molecule has 0 atom stereocenters. The van der Waals surface area contributed by atoms with Gasteiger partial charge in [0.25, 0.3) is 0 Å². The second kappa shape index (κ2) is 9.12. The lowest BCUT2D eigenvalue weighted by molar-refractivity contribution is -0.274. The number of nitrogens with one attached hydrogen (secondary N) is 1. The van der Waals surface area contributed by atoms with Crippen molar-refractivity contribution in [2.75, 3.05) is 26.3 Å². The van der Waals surface area contributed by atoms with Gasteiger partial charge in [-0.25, -0.2) is 13.1 Å². The summed E-state index contributed by atoms with van der Waals surface area (Å²) in [6.07, 6.45) is -4.83. The standard InChI is InChI=1S/C19H21F3N2O4S/c20-19(21,22)28-17-5-7-18(8-6-17)29(25,26)23-13-15-1-3-16(4-2-15)14-24-9-11-27-12-10-24/h1-8,23H,9-14H2. The SMILES string of the molecule is O=S(=O)(NCc1ccc(CN2CCOCC2)cc1)c1ccc(OC(F)(F)F)cc1. The van der Waals surface area contributed by atoms with E-state index in [4.69, 9.17) is 4.74 Å². The Hall–Kier alpha value is -2.14. The first-order chi connectivity index (χ1) is 13.7. The van der Waals surface area contributed by atoms with Gasteiger partial charge in [0.2, 0.25) is 10.0 Å². The van der Waals surface area contributed by atoms with Gasteiger partial charge in [-0.3, -0.25) is 4.90 Å². The summed E-state index contributed by atoms with van der Waals surface area (Å²) in [4.78, 5) is 2.14. The van der Waals surface area contributed by atoms with Crippen LogP contribution >= 0.6 is 0 Å². The number of ether oxygens (including phenoxy) is 2. The largest absolute Gasteiger partial charge is 0.573 e. The van der Waals surface area contributed by atoms with Crippen molar-refractivity contribution in [1.29, 1.82) is 0 Å². The summed E-state index contributed by atoms with van der Waals surface area (Å²) in [7, 11) is -3.86. The van der Waals surface area contributed by atoms with E-state index in [1.807, 2.05) is 24.3 Å². The zero-order chi connectivity index (χ0) is 20.9. The number of halogens is 3. The molecule has 0 amide bonds. The van der Waals surface area contributed by atoms with Crippen molar-refractivity contribution in [3.8, 4) is 5.75 Å². The van der Waals surface area contributed by atoms with E-state index < -0.39 is 22.1 Å². The lowest BCUT2D eigenvalue weighted by Gasteiger charge is -2.26. The van der Waals surface area contributed by atoms with Crippen LogP contribution < -0.4 is 9.46 Å². The van der Waals surface area contributed by atoms with Crippen molar-refractivity contribution in [1.82, 2.24) is 9.62 Å². The molecule has 1 aliphatic heterocycles. The predicted molar refractivity (Wildman–Crippen MR) is 99.7 cm³/mol. The van der Waals surface area contributed by atoms with Gasteiger partial charge in [-0.2, -0.15) is 0 Å². The molecule has 10 heteroatoms. The van der Waals surface area contributed by atoms with Crippen molar-refractivity contribution >= 4 is 10.0 Å². The maximum absolute atomic E-state index is 12.3. The maximum Gasteiger partial charge on any atom is 0.573 e. The van der Waals surface area contributed by atoms with Crippen molar-refractivity contribution < 1.29 is 31.1 Å². The van der Waals surface area contributed by atoms with E-state index in [2.05, 4.69) is 14.4 Å². The van der Waals surface area contributed by atoms with Gasteiger partial charge in [-0.05, 0) is 35.4 Å². The third kappa shape index (κ3) is 6.70. The molecule has 1 N–H and O–H groups in total. The summed E-state index contributed by atoms with van der Waals surface area (Å²) in [5.74, 6) is -0.479. The van der Waals surface area contributed by atoms with E-state index in [0.717, 1.165) is 68.2 Å². The highest BCUT2D eigenvalue weighted by molar-refractivity contribution is 7.89. The highest BCUT2D eigenvalue weighted by Crippen LogP contribution is 2.24. The summed E-state index contributed by atoms with van der Waals surface area (Å²) in [5, 5.41) is 0. The van der Waals surface area contributed by atoms with E-state index in [1.165, 1.54) is 0 Å². The number of morpholine rings is 1. The number of hydrogen-bond acceptors (Lipinski definition) is 5. The van der Waals surface area contributed by atoms with Gasteiger partial charge in [0.1, 0.15) is 5.75 Å². The van der Waals surface area contributed by atoms with Crippen LogP contribution in [0, 0.1) is 0 Å². The Labute approximate surface area is 167 Å². The summed E-state index contributed by atoms with van der Waals surface area (Å²) in [6, 6.07) is 11.6. The number of nitrogens with zero attached hydrogens (tertiary/aromatic N) is 1. The topological polar surface area (TPSA) is 67.9 Å². The average molecular weight is 430 g/mol. The minimum Gasteiger partial charge on any atom is -0.406 e. The quantitative estimate of drug-likeness (QED) is 0.732. The predicted octanol–water partition coefficient (Wildman–Crippen LogP) is 2.90. The van der Waals surface area contributed by atoms with Crippen molar-refractivity contribution in [2.45, 2.75) is 24.3 Å². The van der Waals surface area contributed by atoms with Gasteiger partial charge < -0.3 is 9.47 Å². The van der Waals surface area contributed by atoms with Crippen LogP contribution in [0.15, 0.2) is 53.4 Å². The van der Waals surface area contributed by atoms with Gasteiger partial charge >= 0.3 is 6.36 Å². The molecule has 0 spiro atoms. The first-order valence-electron chi connectivity index (χ1n) is 8.95. The van der Waals surface area contributed by atoms with Crippen LogP contribution in [0.4, 0.5) is 13.2 Å². The molecule has 0 aromatic heterocycles. The van der Waals surface area contributed by atoms with E-state index in [1.54, 1.807) is 0 Å². The number of alkyl halides is 3. The molecule has 0 radical (unpaired) electrons. The van der Waals surface area contributed by atoms with Gasteiger partial charge in [-0.15, -0.1) is 13.2 Å². The third-order valence-corrected chi connectivity index (χ3v) is 5.78. The van der Waals surface area contributed by atoms with Gasteiger partial charge in [0.15, 0.2) is 0 Å². The van der Waals surface area contributed by atoms with Crippen LogP contribution in [-0.4, -0.2) is 46.0 Å². The lowest BCUT2D eigenvalue weighted by Crippen LogP contribution is -2.35. The number of benzene rings is 2. The number of sulfonamides is 1. The Morgan fingerprint density at radius 3 is 2.14 bits per heavy atom. The molecule has 29 heavy (non-hydrogen) atoms. The van der Waals surface area contributed by atoms with E-state index in [0.29, 0.717) is 0 Å². The minimum absolute atomic E-state index is 0.0704. The van der Waals surface area contributed by atoms with Gasteiger partial charge in [-0.1, -0.05) is 24.3 Å². The normalized spacial score (nSPS) is 16.0. The van der Waals surface area contributed by atoms with E-state index >= 15 is 0 Å². The molecule has 1 aliphatic rings. The van der Waals surface area contributed by atoms with E-state index in [9.17, 15) is 21.6 Å². The molecule has 1 fully saturated rings. The molecule has 1 saturated heterocycles. The Bertz CT molecular complexity index is 895. The number of hydrogen-bond donors (Lipinski definition) is 1. The van der Waals surface area contributed by atoms with Crippen molar-refractivity contribution in [3.63, 3.8) is 0 Å². The average Bonchev–Trinajstić information content (AvgIpc) is 2.67. The van der Waals surface area contributed by atoms with E-state index in [-0.39, 0.29) is 11.4 Å². The van der Waals surface area contributed by atoms with Crippen LogP contribution in [0.3, 0.4) is 0 Å². The van der Waals surface area contributed by atoms with Gasteiger partial charge in [0.05, 0.1) is 18.1 Å². The first-order valence-corrected chi connectivity index (χ1v) is 10.4. The summed E-state index contributed by atoms with van der Waals surface area (Å²) in [5.41, 5.74) is 1.90. The molecule has 0 unspecified atom stereocenters. The van der Waals surface area contributed by atoms with Gasteiger partial charge in [0, 0.05) is 26.2 Å². The maximum atomic E-state index is 12.3. The Balaban J connectivity index is 1.55. The molecule has 0 aliphatic carbocycles. The van der Waals surface area contributed by atoms with Crippen LogP contribution in [0.25, 0.3) is 0 Å². The minimum atomic E-state index is -4.83. The summed E-state index contributed by atoms with van der Waals surface area (Å²) >= 11 is 0.